The van der Waals surface area contributed by atoms with Crippen LogP contribution in [0.25, 0.3) is 0 Å². The molecule has 0 aromatic carbocycles. The van der Waals surface area contributed by atoms with Crippen LogP contribution in [0.3, 0.4) is 0 Å². The summed E-state index contributed by atoms with van der Waals surface area (Å²) in [6.07, 6.45) is 1.76. The van der Waals surface area contributed by atoms with Gasteiger partial charge in [-0.1, -0.05) is 20.8 Å². The number of amides is 2. The van der Waals surface area contributed by atoms with Gasteiger partial charge in [-0.05, 0) is 18.3 Å². The largest absolute Gasteiger partial charge is 0.371 e. The van der Waals surface area contributed by atoms with E-state index in [0.717, 1.165) is 12.8 Å². The first-order chi connectivity index (χ1) is 7.88. The van der Waals surface area contributed by atoms with Crippen molar-refractivity contribution in [1.82, 2.24) is 4.90 Å². The summed E-state index contributed by atoms with van der Waals surface area (Å²) in [7, 11) is 0. The Bertz CT molecular complexity index is 399. The van der Waals surface area contributed by atoms with Gasteiger partial charge in [0.15, 0.2) is 0 Å². The molecule has 3 fully saturated rings. The summed E-state index contributed by atoms with van der Waals surface area (Å²) in [5.41, 5.74) is -0.581. The van der Waals surface area contributed by atoms with Gasteiger partial charge in [-0.2, -0.15) is 0 Å². The number of hydrogen-bond donors (Lipinski definition) is 0. The van der Waals surface area contributed by atoms with E-state index in [1.54, 1.807) is 0 Å². The van der Waals surface area contributed by atoms with Gasteiger partial charge in [-0.3, -0.25) is 14.5 Å². The number of fused-ring (bicyclic) bond motifs is 2. The molecule has 0 spiro atoms. The van der Waals surface area contributed by atoms with Crippen LogP contribution in [0.4, 0.5) is 0 Å². The van der Waals surface area contributed by atoms with Crippen molar-refractivity contribution >= 4 is 11.8 Å². The quantitative estimate of drug-likeness (QED) is 0.535. The van der Waals surface area contributed by atoms with Crippen molar-refractivity contribution in [3.05, 3.63) is 0 Å². The predicted molar refractivity (Wildman–Crippen MR) is 61.1 cm³/mol. The molecule has 1 aliphatic carbocycles. The molecule has 3 atom stereocenters. The molecule has 3 rings (SSSR count). The molecule has 4 heteroatoms. The van der Waals surface area contributed by atoms with Crippen LogP contribution in [0.2, 0.25) is 0 Å². The molecule has 0 N–H and O–H groups in total. The molecule has 4 nitrogen and oxygen atoms in total. The summed E-state index contributed by atoms with van der Waals surface area (Å²) in [5, 5.41) is 0. The molecule has 17 heavy (non-hydrogen) atoms. The van der Waals surface area contributed by atoms with Crippen molar-refractivity contribution < 1.29 is 14.3 Å². The van der Waals surface area contributed by atoms with E-state index < -0.39 is 0 Å². The van der Waals surface area contributed by atoms with Crippen LogP contribution >= 0.6 is 0 Å². The Morgan fingerprint density at radius 3 is 2.59 bits per heavy atom. The number of imide groups is 1. The molecule has 3 aliphatic rings. The zero-order valence-electron chi connectivity index (χ0n) is 10.7. The Labute approximate surface area is 101 Å². The van der Waals surface area contributed by atoms with Gasteiger partial charge in [0.1, 0.15) is 0 Å². The van der Waals surface area contributed by atoms with Crippen LogP contribution in [0.15, 0.2) is 0 Å². The van der Waals surface area contributed by atoms with E-state index in [1.165, 1.54) is 4.90 Å². The summed E-state index contributed by atoms with van der Waals surface area (Å²) >= 11 is 0. The normalized spacial score (nSPS) is 43.1. The topological polar surface area (TPSA) is 49.9 Å². The lowest BCUT2D eigenvalue weighted by Crippen LogP contribution is -2.59. The third-order valence-corrected chi connectivity index (χ3v) is 5.30. The fourth-order valence-corrected chi connectivity index (χ4v) is 3.45. The molecular formula is C13H19NO3. The molecule has 2 heterocycles. The highest BCUT2D eigenvalue weighted by Crippen LogP contribution is 2.60. The van der Waals surface area contributed by atoms with E-state index in [0.29, 0.717) is 13.2 Å². The maximum Gasteiger partial charge on any atom is 0.235 e. The van der Waals surface area contributed by atoms with Crippen LogP contribution in [-0.4, -0.2) is 36.0 Å². The van der Waals surface area contributed by atoms with Crippen molar-refractivity contribution in [2.45, 2.75) is 39.7 Å². The Morgan fingerprint density at radius 1 is 1.35 bits per heavy atom. The van der Waals surface area contributed by atoms with E-state index in [9.17, 15) is 9.59 Å². The second-order valence-corrected chi connectivity index (χ2v) is 6.35. The summed E-state index contributed by atoms with van der Waals surface area (Å²) in [5.74, 6) is 0.0335. The first kappa shape index (κ1) is 11.2. The van der Waals surface area contributed by atoms with Crippen molar-refractivity contribution in [3.8, 4) is 0 Å². The summed E-state index contributed by atoms with van der Waals surface area (Å²) in [6, 6.07) is 0. The second-order valence-electron chi connectivity index (χ2n) is 6.35. The molecule has 0 aromatic heterocycles. The minimum absolute atomic E-state index is 0.00366. The lowest BCUT2D eigenvalue weighted by molar-refractivity contribution is -0.168. The number of carbonyl (C=O) groups excluding carboxylic acids is 2. The highest BCUT2D eigenvalue weighted by Gasteiger charge is 2.64. The highest BCUT2D eigenvalue weighted by molar-refractivity contribution is 6.03. The number of piperidine rings is 1. The Kier molecular flexibility index (Phi) is 2.05. The molecule has 0 radical (unpaired) electrons. The van der Waals surface area contributed by atoms with Crippen molar-refractivity contribution in [2.24, 2.45) is 16.7 Å². The smallest absolute Gasteiger partial charge is 0.235 e. The average Bonchev–Trinajstić information content (AvgIpc) is 3.03. The molecule has 1 saturated carbocycles. The Morgan fingerprint density at radius 2 is 2.00 bits per heavy atom. The third-order valence-electron chi connectivity index (χ3n) is 5.30. The minimum Gasteiger partial charge on any atom is -0.371 e. The van der Waals surface area contributed by atoms with Crippen LogP contribution in [0.5, 0.6) is 0 Å². The molecule has 2 amide bonds. The fourth-order valence-electron chi connectivity index (χ4n) is 3.45. The van der Waals surface area contributed by atoms with Gasteiger partial charge in [0, 0.05) is 5.92 Å². The first-order valence-electron chi connectivity index (χ1n) is 6.35. The number of carbonyl (C=O) groups is 2. The zero-order valence-corrected chi connectivity index (χ0v) is 10.7. The highest BCUT2D eigenvalue weighted by atomic mass is 16.6. The Balaban J connectivity index is 1.96. The molecule has 0 unspecified atom stereocenters. The van der Waals surface area contributed by atoms with Gasteiger partial charge in [-0.25, -0.2) is 0 Å². The lowest BCUT2D eigenvalue weighted by Gasteiger charge is -2.47. The standard InChI is InChI=1S/C13H19NO3/c1-12(2)9-4-5-13(12,3)11(16)14(10(9)15)6-8-7-17-8/h8-9H,4-7H2,1-3H3/t8-,9+,13-/m0/s1. The van der Waals surface area contributed by atoms with Crippen LogP contribution < -0.4 is 0 Å². The zero-order chi connectivity index (χ0) is 12.4. The molecule has 94 valence electrons. The van der Waals surface area contributed by atoms with E-state index in [2.05, 4.69) is 13.8 Å². The van der Waals surface area contributed by atoms with Gasteiger partial charge in [0.25, 0.3) is 0 Å². The second kappa shape index (κ2) is 3.10. The van der Waals surface area contributed by atoms with E-state index in [4.69, 9.17) is 4.74 Å². The number of nitrogens with zero attached hydrogens (tertiary/aromatic N) is 1. The van der Waals surface area contributed by atoms with Gasteiger partial charge < -0.3 is 4.74 Å². The summed E-state index contributed by atoms with van der Waals surface area (Å²) in [4.78, 5) is 26.4. The van der Waals surface area contributed by atoms with Crippen LogP contribution in [0.1, 0.15) is 33.6 Å². The van der Waals surface area contributed by atoms with Gasteiger partial charge >= 0.3 is 0 Å². The van der Waals surface area contributed by atoms with E-state index in [1.807, 2.05) is 6.92 Å². The number of rotatable bonds is 2. The predicted octanol–water partition coefficient (Wildman–Crippen LogP) is 1.20. The Hall–Kier alpha value is -0.900. The molecule has 2 bridgehead atoms. The summed E-state index contributed by atoms with van der Waals surface area (Å²) in [6.45, 7) is 7.28. The van der Waals surface area contributed by atoms with Crippen molar-refractivity contribution in [2.75, 3.05) is 13.2 Å². The number of likely N-dealkylation sites (tertiary alicyclic amines) is 1. The van der Waals surface area contributed by atoms with Gasteiger partial charge in [-0.15, -0.1) is 0 Å². The third kappa shape index (κ3) is 1.27. The summed E-state index contributed by atoms with van der Waals surface area (Å²) < 4.78 is 5.14. The lowest BCUT2D eigenvalue weighted by atomic mass is 9.62. The van der Waals surface area contributed by atoms with E-state index in [-0.39, 0.29) is 34.7 Å². The van der Waals surface area contributed by atoms with Crippen LogP contribution in [0, 0.1) is 16.7 Å². The number of ether oxygens (including phenoxy) is 1. The fraction of sp³-hybridized carbons (Fsp3) is 0.846. The van der Waals surface area contributed by atoms with Crippen LogP contribution in [-0.2, 0) is 14.3 Å². The first-order valence-corrected chi connectivity index (χ1v) is 6.35. The maximum absolute atomic E-state index is 12.5. The van der Waals surface area contributed by atoms with E-state index >= 15 is 0 Å². The maximum atomic E-state index is 12.5. The SMILES string of the molecule is CC1(C)[C@@H]2CC[C@@]1(C)C(=O)N(C[C@H]1CO1)C2=O. The van der Waals surface area contributed by atoms with Gasteiger partial charge in [0.05, 0.1) is 24.7 Å². The number of hydrogen-bond acceptors (Lipinski definition) is 3. The number of epoxide rings is 1. The molecule has 0 aromatic rings. The van der Waals surface area contributed by atoms with Crippen molar-refractivity contribution in [1.29, 1.82) is 0 Å². The molecule has 2 saturated heterocycles. The minimum atomic E-state index is -0.375. The monoisotopic (exact) mass is 237 g/mol. The van der Waals surface area contributed by atoms with Crippen molar-refractivity contribution in [3.63, 3.8) is 0 Å². The molecule has 2 aliphatic heterocycles. The molecular weight excluding hydrogens is 218 g/mol. The average molecular weight is 237 g/mol. The van der Waals surface area contributed by atoms with Gasteiger partial charge in [0.2, 0.25) is 11.8 Å².